The Labute approximate surface area is 93.7 Å². The predicted molar refractivity (Wildman–Crippen MR) is 60.4 cm³/mol. The van der Waals surface area contributed by atoms with Gasteiger partial charge >= 0.3 is 0 Å². The van der Waals surface area contributed by atoms with E-state index in [0.29, 0.717) is 6.54 Å². The Morgan fingerprint density at radius 3 is 2.88 bits per heavy atom. The van der Waals surface area contributed by atoms with Gasteiger partial charge in [0.25, 0.3) is 11.5 Å². The predicted octanol–water partition coefficient (Wildman–Crippen LogP) is -0.549. The molecule has 0 fully saturated rings. The van der Waals surface area contributed by atoms with Gasteiger partial charge in [-0.3, -0.25) is 9.59 Å². The molecule has 0 aliphatic heterocycles. The van der Waals surface area contributed by atoms with Gasteiger partial charge in [-0.2, -0.15) is 0 Å². The van der Waals surface area contributed by atoms with Gasteiger partial charge in [0.2, 0.25) is 0 Å². The van der Waals surface area contributed by atoms with Crippen LogP contribution in [0.1, 0.15) is 16.9 Å². The van der Waals surface area contributed by atoms with Crippen molar-refractivity contribution in [2.24, 2.45) is 0 Å². The van der Waals surface area contributed by atoms with Crippen LogP contribution in [0.4, 0.5) is 0 Å². The van der Waals surface area contributed by atoms with E-state index in [9.17, 15) is 9.59 Å². The number of carbonyl (C=O) groups excluding carboxylic acids is 1. The number of hydrogen-bond acceptors (Lipinski definition) is 4. The fourth-order valence-corrected chi connectivity index (χ4v) is 1.15. The molecule has 1 aromatic rings. The Morgan fingerprint density at radius 2 is 2.31 bits per heavy atom. The lowest BCUT2D eigenvalue weighted by atomic mass is 10.3. The molecule has 2 N–H and O–H groups in total. The summed E-state index contributed by atoms with van der Waals surface area (Å²) in [6, 6.07) is 0. The maximum atomic E-state index is 11.5. The highest BCUT2D eigenvalue weighted by Crippen LogP contribution is 1.88. The van der Waals surface area contributed by atoms with Crippen molar-refractivity contribution in [3.05, 3.63) is 28.4 Å². The molecule has 0 saturated heterocycles. The molecular formula is C10H16N4O2. The zero-order valence-corrected chi connectivity index (χ0v) is 9.49. The number of H-pyrrole nitrogens is 1. The smallest absolute Gasteiger partial charge is 0.271 e. The Hall–Kier alpha value is -1.69. The standard InChI is InChI=1S/C10H16N4O2/c1-14(2)5-3-4-11-10(16)8-6-13-9(15)7-12-8/h6-7H,3-5H2,1-2H3,(H,11,16)(H,13,15). The zero-order valence-electron chi connectivity index (χ0n) is 9.49. The molecule has 16 heavy (non-hydrogen) atoms. The van der Waals surface area contributed by atoms with Crippen molar-refractivity contribution >= 4 is 5.91 Å². The molecule has 0 aliphatic carbocycles. The van der Waals surface area contributed by atoms with Crippen LogP contribution < -0.4 is 10.9 Å². The van der Waals surface area contributed by atoms with Gasteiger partial charge in [0.05, 0.1) is 6.20 Å². The van der Waals surface area contributed by atoms with E-state index in [-0.39, 0.29) is 17.2 Å². The Morgan fingerprint density at radius 1 is 1.56 bits per heavy atom. The van der Waals surface area contributed by atoms with Gasteiger partial charge in [-0.05, 0) is 27.1 Å². The van der Waals surface area contributed by atoms with E-state index in [0.717, 1.165) is 19.2 Å². The minimum atomic E-state index is -0.316. The summed E-state index contributed by atoms with van der Waals surface area (Å²) in [6.45, 7) is 1.51. The van der Waals surface area contributed by atoms with Gasteiger partial charge in [0.15, 0.2) is 0 Å². The van der Waals surface area contributed by atoms with E-state index in [4.69, 9.17) is 0 Å². The van der Waals surface area contributed by atoms with Crippen LogP contribution in [0.25, 0.3) is 0 Å². The van der Waals surface area contributed by atoms with E-state index in [1.807, 2.05) is 19.0 Å². The second-order valence-corrected chi connectivity index (χ2v) is 3.71. The summed E-state index contributed by atoms with van der Waals surface area (Å²) in [7, 11) is 3.95. The number of rotatable bonds is 5. The molecule has 6 heteroatoms. The maximum absolute atomic E-state index is 11.5. The summed E-state index contributed by atoms with van der Waals surface area (Å²) < 4.78 is 0. The van der Waals surface area contributed by atoms with Gasteiger partial charge in [-0.15, -0.1) is 0 Å². The van der Waals surface area contributed by atoms with E-state index in [1.165, 1.54) is 6.20 Å². The first-order valence-corrected chi connectivity index (χ1v) is 5.07. The number of nitrogens with zero attached hydrogens (tertiary/aromatic N) is 2. The minimum absolute atomic E-state index is 0.226. The highest BCUT2D eigenvalue weighted by molar-refractivity contribution is 5.91. The SMILES string of the molecule is CN(C)CCCNC(=O)c1c[nH]c(=O)cn1. The van der Waals surface area contributed by atoms with Crippen LogP contribution in [0.3, 0.4) is 0 Å². The Kier molecular flexibility index (Phi) is 4.65. The van der Waals surface area contributed by atoms with E-state index < -0.39 is 0 Å². The third-order valence-corrected chi connectivity index (χ3v) is 1.97. The summed E-state index contributed by atoms with van der Waals surface area (Å²) in [5.41, 5.74) is -0.0892. The molecule has 1 rings (SSSR count). The molecule has 1 aromatic heterocycles. The fraction of sp³-hybridized carbons (Fsp3) is 0.500. The average molecular weight is 224 g/mol. The summed E-state index contributed by atoms with van der Waals surface area (Å²) >= 11 is 0. The van der Waals surface area contributed by atoms with E-state index >= 15 is 0 Å². The Bertz CT molecular complexity index is 380. The third kappa shape index (κ3) is 4.22. The minimum Gasteiger partial charge on any atom is -0.351 e. The van der Waals surface area contributed by atoms with Crippen molar-refractivity contribution in [1.29, 1.82) is 0 Å². The Balaban J connectivity index is 2.35. The summed E-state index contributed by atoms with van der Waals surface area (Å²) in [4.78, 5) is 30.4. The maximum Gasteiger partial charge on any atom is 0.271 e. The molecule has 0 atom stereocenters. The molecule has 1 heterocycles. The summed E-state index contributed by atoms with van der Waals surface area (Å²) in [5, 5.41) is 2.72. The van der Waals surface area contributed by atoms with Crippen molar-refractivity contribution in [2.45, 2.75) is 6.42 Å². The fourth-order valence-electron chi connectivity index (χ4n) is 1.15. The molecule has 0 radical (unpaired) electrons. The molecule has 0 saturated carbocycles. The lowest BCUT2D eigenvalue weighted by molar-refractivity contribution is 0.0947. The number of hydrogen-bond donors (Lipinski definition) is 2. The molecule has 0 unspecified atom stereocenters. The lowest BCUT2D eigenvalue weighted by Gasteiger charge is -2.09. The number of amides is 1. The average Bonchev–Trinajstić information content (AvgIpc) is 2.25. The van der Waals surface area contributed by atoms with Crippen molar-refractivity contribution in [1.82, 2.24) is 20.2 Å². The van der Waals surface area contributed by atoms with Crippen LogP contribution in [0.15, 0.2) is 17.2 Å². The molecule has 0 spiro atoms. The van der Waals surface area contributed by atoms with Gasteiger partial charge in [-0.1, -0.05) is 0 Å². The topological polar surface area (TPSA) is 78.1 Å². The highest BCUT2D eigenvalue weighted by Gasteiger charge is 2.05. The van der Waals surface area contributed by atoms with Crippen LogP contribution in [0.2, 0.25) is 0 Å². The summed E-state index contributed by atoms with van der Waals surface area (Å²) in [5.74, 6) is -0.269. The molecule has 0 aromatic carbocycles. The van der Waals surface area contributed by atoms with Crippen LogP contribution in [-0.2, 0) is 0 Å². The quantitative estimate of drug-likeness (QED) is 0.658. The number of aromatic nitrogens is 2. The normalized spacial score (nSPS) is 10.4. The van der Waals surface area contributed by atoms with Crippen molar-refractivity contribution in [3.8, 4) is 0 Å². The van der Waals surface area contributed by atoms with Crippen molar-refractivity contribution < 1.29 is 4.79 Å². The third-order valence-electron chi connectivity index (χ3n) is 1.97. The lowest BCUT2D eigenvalue weighted by Crippen LogP contribution is -2.28. The molecule has 0 bridgehead atoms. The first-order valence-electron chi connectivity index (χ1n) is 5.07. The first kappa shape index (κ1) is 12.4. The second-order valence-electron chi connectivity index (χ2n) is 3.71. The molecular weight excluding hydrogens is 208 g/mol. The van der Waals surface area contributed by atoms with Crippen LogP contribution in [0, 0.1) is 0 Å². The zero-order chi connectivity index (χ0) is 12.0. The molecule has 0 aliphatic rings. The number of nitrogens with one attached hydrogen (secondary N) is 2. The van der Waals surface area contributed by atoms with E-state index in [1.54, 1.807) is 0 Å². The molecule has 6 nitrogen and oxygen atoms in total. The van der Waals surface area contributed by atoms with Crippen LogP contribution in [-0.4, -0.2) is 48.0 Å². The van der Waals surface area contributed by atoms with Gasteiger partial charge in [-0.25, -0.2) is 4.98 Å². The van der Waals surface area contributed by atoms with Gasteiger partial charge in [0, 0.05) is 12.7 Å². The van der Waals surface area contributed by atoms with Crippen molar-refractivity contribution in [3.63, 3.8) is 0 Å². The number of carbonyl (C=O) groups is 1. The molecule has 1 amide bonds. The van der Waals surface area contributed by atoms with E-state index in [2.05, 4.69) is 15.3 Å². The second kappa shape index (κ2) is 6.02. The number of aromatic amines is 1. The van der Waals surface area contributed by atoms with Crippen LogP contribution >= 0.6 is 0 Å². The van der Waals surface area contributed by atoms with Gasteiger partial charge in [0.1, 0.15) is 5.69 Å². The largest absolute Gasteiger partial charge is 0.351 e. The molecule has 88 valence electrons. The van der Waals surface area contributed by atoms with Crippen LogP contribution in [0.5, 0.6) is 0 Å². The monoisotopic (exact) mass is 224 g/mol. The first-order chi connectivity index (χ1) is 7.59. The van der Waals surface area contributed by atoms with Crippen molar-refractivity contribution in [2.75, 3.05) is 27.2 Å². The van der Waals surface area contributed by atoms with Gasteiger partial charge < -0.3 is 15.2 Å². The highest BCUT2D eigenvalue weighted by atomic mass is 16.2. The summed E-state index contributed by atoms with van der Waals surface area (Å²) in [6.07, 6.45) is 3.28.